The van der Waals surface area contributed by atoms with Crippen LogP contribution in [0.15, 0.2) is 11.0 Å². The summed E-state index contributed by atoms with van der Waals surface area (Å²) in [5.41, 5.74) is 4.81. The number of carbonyl (C=O) groups is 2. The molecule has 1 amide bonds. The van der Waals surface area contributed by atoms with Crippen molar-refractivity contribution in [1.82, 2.24) is 14.9 Å². The largest absolute Gasteiger partial charge is 0.466 e. The van der Waals surface area contributed by atoms with Crippen molar-refractivity contribution in [2.45, 2.75) is 44.3 Å². The summed E-state index contributed by atoms with van der Waals surface area (Å²) in [6.45, 7) is 1.85. The molecule has 1 fully saturated rings. The highest BCUT2D eigenvalue weighted by Crippen LogP contribution is 2.30. The predicted octanol–water partition coefficient (Wildman–Crippen LogP) is -1.49. The van der Waals surface area contributed by atoms with Crippen LogP contribution in [0.4, 0.5) is 5.82 Å². The third kappa shape index (κ3) is 5.60. The number of hydrogen-bond acceptors (Lipinski definition) is 9. The lowest BCUT2D eigenvalue weighted by molar-refractivity contribution is -0.148. The lowest BCUT2D eigenvalue weighted by atomic mass is 10.1. The Morgan fingerprint density at radius 2 is 2.15 bits per heavy atom. The number of halogens is 1. The fourth-order valence-corrected chi connectivity index (χ4v) is 2.93. The molecule has 0 saturated carbocycles. The van der Waals surface area contributed by atoms with Gasteiger partial charge in [-0.05, 0) is 29.0 Å². The molecule has 1 aromatic rings. The molecule has 27 heavy (non-hydrogen) atoms. The Labute approximate surface area is 168 Å². The van der Waals surface area contributed by atoms with Crippen LogP contribution in [-0.2, 0) is 19.1 Å². The Morgan fingerprint density at radius 1 is 1.44 bits per heavy atom. The quantitative estimate of drug-likeness (QED) is 0.200. The Bertz CT molecular complexity index is 756. The van der Waals surface area contributed by atoms with Gasteiger partial charge in [0.1, 0.15) is 18.0 Å². The molecular weight excluding hydrogens is 475 g/mol. The van der Waals surface area contributed by atoms with Gasteiger partial charge in [0.2, 0.25) is 5.91 Å². The first kappa shape index (κ1) is 21.5. The van der Waals surface area contributed by atoms with Gasteiger partial charge in [-0.2, -0.15) is 4.98 Å². The van der Waals surface area contributed by atoms with Gasteiger partial charge >= 0.3 is 11.7 Å². The van der Waals surface area contributed by atoms with Crippen molar-refractivity contribution >= 4 is 40.3 Å². The summed E-state index contributed by atoms with van der Waals surface area (Å²) in [6, 6.07) is 0. The third-order valence-corrected chi connectivity index (χ3v) is 4.70. The fraction of sp³-hybridized carbons (Fsp3) is 0.600. The number of nitrogens with one attached hydrogen (secondary N) is 1. The molecule has 2 heterocycles. The van der Waals surface area contributed by atoms with Gasteiger partial charge in [-0.1, -0.05) is 0 Å². The molecule has 1 aliphatic rings. The molecule has 150 valence electrons. The first-order chi connectivity index (χ1) is 12.7. The number of ether oxygens (including phenoxy) is 2. The summed E-state index contributed by atoms with van der Waals surface area (Å²) in [5.74, 6) is -0.762. The highest BCUT2D eigenvalue weighted by Gasteiger charge is 2.45. The van der Waals surface area contributed by atoms with E-state index in [1.807, 2.05) is 22.6 Å². The van der Waals surface area contributed by atoms with Gasteiger partial charge in [0.05, 0.1) is 22.7 Å². The Kier molecular flexibility index (Phi) is 7.52. The Balaban J connectivity index is 1.93. The molecule has 1 aliphatic heterocycles. The zero-order valence-corrected chi connectivity index (χ0v) is 16.7. The molecule has 0 aliphatic carbocycles. The van der Waals surface area contributed by atoms with Crippen LogP contribution in [0.25, 0.3) is 0 Å². The number of hydrogen-bond donors (Lipinski definition) is 4. The van der Waals surface area contributed by atoms with E-state index in [9.17, 15) is 24.6 Å². The fourth-order valence-electron chi connectivity index (χ4n) is 2.51. The van der Waals surface area contributed by atoms with Crippen LogP contribution in [-0.4, -0.2) is 63.1 Å². The summed E-state index contributed by atoms with van der Waals surface area (Å²) in [7, 11) is 0. The lowest BCUT2D eigenvalue weighted by Gasteiger charge is -2.17. The number of nitrogens with zero attached hydrogens (tertiary/aromatic N) is 2. The lowest BCUT2D eigenvalue weighted by Crippen LogP contribution is -2.36. The van der Waals surface area contributed by atoms with E-state index >= 15 is 0 Å². The third-order valence-electron chi connectivity index (χ3n) is 3.87. The van der Waals surface area contributed by atoms with Crippen molar-refractivity contribution in [1.29, 1.82) is 0 Å². The molecule has 12 heteroatoms. The number of aromatic nitrogens is 2. The summed E-state index contributed by atoms with van der Waals surface area (Å²) < 4.78 is 12.0. The van der Waals surface area contributed by atoms with Crippen LogP contribution >= 0.6 is 22.6 Å². The van der Waals surface area contributed by atoms with E-state index in [0.717, 1.165) is 4.57 Å². The molecule has 0 spiro atoms. The second-order valence-electron chi connectivity index (χ2n) is 5.97. The zero-order valence-electron chi connectivity index (χ0n) is 14.5. The van der Waals surface area contributed by atoms with Crippen LogP contribution in [0.1, 0.15) is 26.0 Å². The van der Waals surface area contributed by atoms with Crippen LogP contribution < -0.4 is 16.7 Å². The minimum absolute atomic E-state index is 0.0456. The second kappa shape index (κ2) is 9.43. The van der Waals surface area contributed by atoms with E-state index in [2.05, 4.69) is 10.3 Å². The molecule has 11 nitrogen and oxygen atoms in total. The smallest absolute Gasteiger partial charge is 0.351 e. The minimum Gasteiger partial charge on any atom is -0.466 e. The maximum Gasteiger partial charge on any atom is 0.351 e. The highest BCUT2D eigenvalue weighted by atomic mass is 127. The number of amides is 1. The number of nitrogens with two attached hydrogens (primary N) is 1. The van der Waals surface area contributed by atoms with Crippen LogP contribution in [0, 0.1) is 3.57 Å². The molecule has 5 N–H and O–H groups in total. The van der Waals surface area contributed by atoms with Gasteiger partial charge in [-0.3, -0.25) is 14.2 Å². The molecule has 0 bridgehead atoms. The van der Waals surface area contributed by atoms with Crippen molar-refractivity contribution in [3.05, 3.63) is 20.3 Å². The molecule has 2 rings (SSSR count). The maximum atomic E-state index is 12.0. The van der Waals surface area contributed by atoms with Crippen molar-refractivity contribution in [2.75, 3.05) is 18.9 Å². The van der Waals surface area contributed by atoms with E-state index < -0.39 is 36.2 Å². The predicted molar refractivity (Wildman–Crippen MR) is 100 cm³/mol. The molecule has 1 aromatic heterocycles. The van der Waals surface area contributed by atoms with Crippen molar-refractivity contribution in [3.8, 4) is 0 Å². The zero-order chi connectivity index (χ0) is 20.1. The minimum atomic E-state index is -1.43. The van der Waals surface area contributed by atoms with E-state index in [1.54, 1.807) is 0 Å². The van der Waals surface area contributed by atoms with Gasteiger partial charge in [-0.15, -0.1) is 0 Å². The average molecular weight is 496 g/mol. The van der Waals surface area contributed by atoms with Gasteiger partial charge in [0.25, 0.3) is 0 Å². The molecular formula is C15H21IN4O7. The first-order valence-corrected chi connectivity index (χ1v) is 9.24. The topological polar surface area (TPSA) is 166 Å². The molecule has 0 unspecified atom stereocenters. The van der Waals surface area contributed by atoms with Crippen molar-refractivity contribution in [3.63, 3.8) is 0 Å². The van der Waals surface area contributed by atoms with Gasteiger partial charge in [0, 0.05) is 19.7 Å². The Morgan fingerprint density at radius 3 is 2.81 bits per heavy atom. The van der Waals surface area contributed by atoms with Gasteiger partial charge in [0.15, 0.2) is 6.23 Å². The number of carbonyl (C=O) groups excluding carboxylic acids is 2. The van der Waals surface area contributed by atoms with E-state index in [4.69, 9.17) is 15.2 Å². The van der Waals surface area contributed by atoms with E-state index in [-0.39, 0.29) is 24.8 Å². The Hall–Kier alpha value is -1.77. The SMILES string of the molecule is CC(=O)NCCCOC(=O)C[C@H]1O[C@@H](n2cc(I)c(N)nc2=O)[C@H](O)[C@@H]1O. The molecule has 0 radical (unpaired) electrons. The maximum absolute atomic E-state index is 12.0. The number of nitrogen functional groups attached to an aromatic ring is 1. The average Bonchev–Trinajstić information content (AvgIpc) is 2.86. The number of anilines is 1. The first-order valence-electron chi connectivity index (χ1n) is 8.16. The van der Waals surface area contributed by atoms with Crippen LogP contribution in [0.2, 0.25) is 0 Å². The number of rotatable bonds is 7. The summed E-state index contributed by atoms with van der Waals surface area (Å²) >= 11 is 1.87. The summed E-state index contributed by atoms with van der Waals surface area (Å²) in [5, 5.41) is 22.9. The van der Waals surface area contributed by atoms with Gasteiger partial charge < -0.3 is 30.7 Å². The number of aliphatic hydroxyl groups is 2. The number of esters is 1. The van der Waals surface area contributed by atoms with Crippen LogP contribution in [0.3, 0.4) is 0 Å². The molecule has 1 saturated heterocycles. The molecule has 4 atom stereocenters. The second-order valence-corrected chi connectivity index (χ2v) is 7.13. The highest BCUT2D eigenvalue weighted by molar-refractivity contribution is 14.1. The number of aliphatic hydroxyl groups excluding tert-OH is 2. The standard InChI is InChI=1S/C15H21IN4O7/c1-7(21)18-3-2-4-26-10(22)5-9-11(23)12(24)14(27-9)20-6-8(16)13(17)19-15(20)25/h6,9,11-12,14,23-24H,2-5H2,1H3,(H,18,21)(H2,17,19,25)/t9-,11-,12-,14-/m1/s1. The molecule has 0 aromatic carbocycles. The van der Waals surface area contributed by atoms with E-state index in [1.165, 1.54) is 13.1 Å². The van der Waals surface area contributed by atoms with Crippen molar-refractivity contribution in [2.24, 2.45) is 0 Å². The van der Waals surface area contributed by atoms with Crippen LogP contribution in [0.5, 0.6) is 0 Å². The normalized spacial score (nSPS) is 24.6. The van der Waals surface area contributed by atoms with Crippen molar-refractivity contribution < 1.29 is 29.3 Å². The summed E-state index contributed by atoms with van der Waals surface area (Å²) in [4.78, 5) is 38.2. The van der Waals surface area contributed by atoms with E-state index in [0.29, 0.717) is 16.5 Å². The summed E-state index contributed by atoms with van der Waals surface area (Å²) in [6.07, 6.45) is -3.57. The monoisotopic (exact) mass is 496 g/mol. The van der Waals surface area contributed by atoms with Gasteiger partial charge in [-0.25, -0.2) is 4.79 Å².